The topological polar surface area (TPSA) is 69.6 Å². The normalized spacial score (nSPS) is 22.2. The number of fused-ring (bicyclic) bond motifs is 2. The first-order chi connectivity index (χ1) is 12.1. The number of anilines is 1. The van der Waals surface area contributed by atoms with E-state index >= 15 is 0 Å². The smallest absolute Gasteiger partial charge is 0.256 e. The van der Waals surface area contributed by atoms with Gasteiger partial charge in [-0.2, -0.15) is 0 Å². The number of hydrogen-bond acceptors (Lipinski definition) is 4. The number of benzene rings is 2. The molecule has 2 aliphatic rings. The van der Waals surface area contributed by atoms with E-state index in [-0.39, 0.29) is 24.8 Å². The molecule has 1 fully saturated rings. The molecule has 128 valence electrons. The summed E-state index contributed by atoms with van der Waals surface area (Å²) in [5.41, 5.74) is 2.94. The van der Waals surface area contributed by atoms with Crippen LogP contribution in [0.15, 0.2) is 47.4 Å². The highest BCUT2D eigenvalue weighted by atomic mass is 32.2. The number of hydrogen-bond donors (Lipinski definition) is 2. The molecule has 2 N–H and O–H groups in total. The average Bonchev–Trinajstić information content (AvgIpc) is 3.00. The zero-order valence-electron chi connectivity index (χ0n) is 13.7. The van der Waals surface area contributed by atoms with Gasteiger partial charge in [-0.05, 0) is 41.6 Å². The third-order valence-corrected chi connectivity index (χ3v) is 5.52. The molecule has 4 rings (SSSR count). The minimum atomic E-state index is -0.650. The molecule has 2 aromatic rings. The maximum absolute atomic E-state index is 12.9. The SMILES string of the molecule is CSc1ccc(-c2ccc3c(c2)C(=O)N2CC(O)CC2C(=O)N3)cc1. The zero-order chi connectivity index (χ0) is 17.6. The molecule has 5 nitrogen and oxygen atoms in total. The van der Waals surface area contributed by atoms with Crippen molar-refractivity contribution in [1.29, 1.82) is 0 Å². The Morgan fingerprint density at radius 2 is 1.84 bits per heavy atom. The second-order valence-corrected chi connectivity index (χ2v) is 7.22. The summed E-state index contributed by atoms with van der Waals surface area (Å²) >= 11 is 1.68. The van der Waals surface area contributed by atoms with Gasteiger partial charge in [-0.25, -0.2) is 0 Å². The van der Waals surface area contributed by atoms with Crippen molar-refractivity contribution >= 4 is 29.3 Å². The van der Waals surface area contributed by atoms with E-state index in [0.29, 0.717) is 11.3 Å². The molecule has 0 aromatic heterocycles. The van der Waals surface area contributed by atoms with Gasteiger partial charge in [0.1, 0.15) is 6.04 Å². The van der Waals surface area contributed by atoms with Crippen molar-refractivity contribution in [2.24, 2.45) is 0 Å². The van der Waals surface area contributed by atoms with Crippen LogP contribution in [-0.4, -0.2) is 46.8 Å². The number of aliphatic hydroxyl groups excluding tert-OH is 1. The molecule has 0 aliphatic carbocycles. The molecule has 2 aromatic carbocycles. The second-order valence-electron chi connectivity index (χ2n) is 6.34. The summed E-state index contributed by atoms with van der Waals surface area (Å²) in [6.07, 6.45) is 1.66. The number of nitrogens with one attached hydrogen (secondary N) is 1. The fraction of sp³-hybridized carbons (Fsp3) is 0.263. The molecule has 2 aliphatic heterocycles. The van der Waals surface area contributed by atoms with Crippen molar-refractivity contribution in [2.45, 2.75) is 23.5 Å². The Balaban J connectivity index is 1.74. The molecule has 2 atom stereocenters. The molecule has 0 spiro atoms. The van der Waals surface area contributed by atoms with Crippen LogP contribution in [0.2, 0.25) is 0 Å². The molecule has 0 radical (unpaired) electrons. The highest BCUT2D eigenvalue weighted by Crippen LogP contribution is 2.32. The number of aliphatic hydroxyl groups is 1. The van der Waals surface area contributed by atoms with Crippen molar-refractivity contribution in [1.82, 2.24) is 4.90 Å². The van der Waals surface area contributed by atoms with Crippen LogP contribution in [0.25, 0.3) is 11.1 Å². The Kier molecular flexibility index (Phi) is 4.01. The van der Waals surface area contributed by atoms with E-state index in [1.165, 1.54) is 9.80 Å². The van der Waals surface area contributed by atoms with Crippen LogP contribution in [0.4, 0.5) is 5.69 Å². The van der Waals surface area contributed by atoms with Gasteiger partial charge in [-0.15, -0.1) is 11.8 Å². The van der Waals surface area contributed by atoms with Gasteiger partial charge in [0.25, 0.3) is 5.91 Å². The molecule has 0 bridgehead atoms. The van der Waals surface area contributed by atoms with E-state index in [1.807, 2.05) is 42.7 Å². The number of carbonyl (C=O) groups excluding carboxylic acids is 2. The molecule has 2 amide bonds. The van der Waals surface area contributed by atoms with Crippen LogP contribution in [-0.2, 0) is 4.79 Å². The van der Waals surface area contributed by atoms with Gasteiger partial charge in [-0.3, -0.25) is 9.59 Å². The predicted octanol–water partition coefficient (Wildman–Crippen LogP) is 2.60. The van der Waals surface area contributed by atoms with Gasteiger partial charge >= 0.3 is 0 Å². The highest BCUT2D eigenvalue weighted by molar-refractivity contribution is 7.98. The molecular formula is C19H18N2O3S. The number of rotatable bonds is 2. The van der Waals surface area contributed by atoms with Crippen molar-refractivity contribution < 1.29 is 14.7 Å². The highest BCUT2D eigenvalue weighted by Gasteiger charge is 2.42. The van der Waals surface area contributed by atoms with Gasteiger partial charge in [0.2, 0.25) is 5.91 Å². The van der Waals surface area contributed by atoms with Crippen molar-refractivity contribution in [2.75, 3.05) is 18.1 Å². The lowest BCUT2D eigenvalue weighted by atomic mass is 10.0. The molecule has 0 saturated carbocycles. The largest absolute Gasteiger partial charge is 0.391 e. The Hall–Kier alpha value is -2.31. The van der Waals surface area contributed by atoms with Gasteiger partial charge in [0, 0.05) is 17.9 Å². The van der Waals surface area contributed by atoms with Crippen LogP contribution >= 0.6 is 11.8 Å². The molecule has 1 saturated heterocycles. The summed E-state index contributed by atoms with van der Waals surface area (Å²) < 4.78 is 0. The fourth-order valence-electron chi connectivity index (χ4n) is 3.45. The summed E-state index contributed by atoms with van der Waals surface area (Å²) in [5, 5.41) is 12.7. The lowest BCUT2D eigenvalue weighted by molar-refractivity contribution is -0.119. The van der Waals surface area contributed by atoms with E-state index in [4.69, 9.17) is 0 Å². The lowest BCUT2D eigenvalue weighted by Gasteiger charge is -2.19. The summed E-state index contributed by atoms with van der Waals surface area (Å²) in [6, 6.07) is 13.0. The van der Waals surface area contributed by atoms with Crippen molar-refractivity contribution in [3.05, 3.63) is 48.0 Å². The summed E-state index contributed by atoms with van der Waals surface area (Å²) in [7, 11) is 0. The van der Waals surface area contributed by atoms with Crippen LogP contribution in [0, 0.1) is 0 Å². The maximum atomic E-state index is 12.9. The Bertz CT molecular complexity index is 850. The van der Waals surface area contributed by atoms with E-state index in [0.717, 1.165) is 11.1 Å². The van der Waals surface area contributed by atoms with E-state index in [2.05, 4.69) is 5.32 Å². The molecular weight excluding hydrogens is 336 g/mol. The zero-order valence-corrected chi connectivity index (χ0v) is 14.5. The molecule has 2 heterocycles. The standard InChI is InChI=1S/C19H18N2O3S/c1-25-14-5-2-11(3-6-14)12-4-7-16-15(8-12)19(24)21-10-13(22)9-17(21)18(23)20-16/h2-8,13,17,22H,9-10H2,1H3,(H,20,23). The minimum Gasteiger partial charge on any atom is -0.391 e. The molecule has 6 heteroatoms. The van der Waals surface area contributed by atoms with E-state index < -0.39 is 12.1 Å². The van der Waals surface area contributed by atoms with E-state index in [1.54, 1.807) is 17.8 Å². The van der Waals surface area contributed by atoms with E-state index in [9.17, 15) is 14.7 Å². The van der Waals surface area contributed by atoms with Crippen molar-refractivity contribution in [3.63, 3.8) is 0 Å². The third-order valence-electron chi connectivity index (χ3n) is 4.77. The monoisotopic (exact) mass is 354 g/mol. The van der Waals surface area contributed by atoms with Gasteiger partial charge < -0.3 is 15.3 Å². The molecule has 25 heavy (non-hydrogen) atoms. The first kappa shape index (κ1) is 16.2. The summed E-state index contributed by atoms with van der Waals surface area (Å²) in [6.45, 7) is 0.197. The van der Waals surface area contributed by atoms with Crippen molar-refractivity contribution in [3.8, 4) is 11.1 Å². The Morgan fingerprint density at radius 1 is 1.12 bits per heavy atom. The number of carbonyl (C=O) groups is 2. The first-order valence-corrected chi connectivity index (χ1v) is 9.37. The number of nitrogens with zero attached hydrogens (tertiary/aromatic N) is 1. The number of amides is 2. The van der Waals surface area contributed by atoms with Gasteiger partial charge in [-0.1, -0.05) is 18.2 Å². The Labute approximate surface area is 150 Å². The average molecular weight is 354 g/mol. The first-order valence-electron chi connectivity index (χ1n) is 8.15. The summed E-state index contributed by atoms with van der Waals surface area (Å²) in [5.74, 6) is -0.446. The lowest BCUT2D eigenvalue weighted by Crippen LogP contribution is -2.40. The second kappa shape index (κ2) is 6.20. The van der Waals surface area contributed by atoms with Crippen LogP contribution in [0.5, 0.6) is 0 Å². The Morgan fingerprint density at radius 3 is 2.56 bits per heavy atom. The predicted molar refractivity (Wildman–Crippen MR) is 97.7 cm³/mol. The fourth-order valence-corrected chi connectivity index (χ4v) is 3.86. The van der Waals surface area contributed by atoms with Crippen LogP contribution in [0.1, 0.15) is 16.8 Å². The van der Waals surface area contributed by atoms with Crippen LogP contribution < -0.4 is 5.32 Å². The van der Waals surface area contributed by atoms with Gasteiger partial charge in [0.05, 0.1) is 17.4 Å². The quantitative estimate of drug-likeness (QED) is 0.814. The third kappa shape index (κ3) is 2.81. The molecule has 2 unspecified atom stereocenters. The summed E-state index contributed by atoms with van der Waals surface area (Å²) in [4.78, 5) is 27.9. The number of thioether (sulfide) groups is 1. The minimum absolute atomic E-state index is 0.197. The van der Waals surface area contributed by atoms with Gasteiger partial charge in [0.15, 0.2) is 0 Å². The maximum Gasteiger partial charge on any atom is 0.256 e. The van der Waals surface area contributed by atoms with Crippen LogP contribution in [0.3, 0.4) is 0 Å².